The lowest BCUT2D eigenvalue weighted by Crippen LogP contribution is -2.30. The minimum atomic E-state index is -0.0880. The van der Waals surface area contributed by atoms with Crippen molar-refractivity contribution < 1.29 is 9.59 Å². The van der Waals surface area contributed by atoms with Crippen LogP contribution in [0.2, 0.25) is 0 Å². The molecule has 8 nitrogen and oxygen atoms in total. The molecule has 0 fully saturated rings. The van der Waals surface area contributed by atoms with Crippen LogP contribution in [-0.2, 0) is 11.3 Å². The highest BCUT2D eigenvalue weighted by Crippen LogP contribution is 2.24. The molecule has 1 N–H and O–H groups in total. The average molecular weight is 451 g/mol. The third-order valence-corrected chi connectivity index (χ3v) is 5.51. The van der Waals surface area contributed by atoms with Crippen LogP contribution >= 0.6 is 0 Å². The average Bonchev–Trinajstić information content (AvgIpc) is 3.08. The number of hydrogen-bond donors (Lipinski definition) is 1. The lowest BCUT2D eigenvalue weighted by Gasteiger charge is -2.21. The van der Waals surface area contributed by atoms with Gasteiger partial charge in [0.25, 0.3) is 5.91 Å². The van der Waals surface area contributed by atoms with E-state index in [-0.39, 0.29) is 11.8 Å². The zero-order valence-electron chi connectivity index (χ0n) is 20.4. The zero-order valence-corrected chi connectivity index (χ0v) is 20.4. The molecular formula is C25H34N6O2. The van der Waals surface area contributed by atoms with Crippen LogP contribution in [0.25, 0.3) is 5.65 Å². The Morgan fingerprint density at radius 3 is 2.33 bits per heavy atom. The van der Waals surface area contributed by atoms with Gasteiger partial charge in [0.15, 0.2) is 0 Å². The van der Waals surface area contributed by atoms with Gasteiger partial charge >= 0.3 is 0 Å². The van der Waals surface area contributed by atoms with Crippen LogP contribution < -0.4 is 10.2 Å². The molecule has 1 aromatic carbocycles. The molecule has 0 bridgehead atoms. The molecule has 0 aliphatic rings. The summed E-state index contributed by atoms with van der Waals surface area (Å²) in [5, 5.41) is 2.79. The molecule has 3 aromatic rings. The number of anilines is 2. The van der Waals surface area contributed by atoms with E-state index in [4.69, 9.17) is 0 Å². The summed E-state index contributed by atoms with van der Waals surface area (Å²) in [7, 11) is 7.93. The first kappa shape index (κ1) is 24.3. The van der Waals surface area contributed by atoms with Crippen LogP contribution in [-0.4, -0.2) is 72.3 Å². The quantitative estimate of drug-likeness (QED) is 0.542. The maximum Gasteiger partial charge on any atom is 0.255 e. The number of rotatable bonds is 9. The van der Waals surface area contributed by atoms with E-state index < -0.39 is 0 Å². The Bertz CT molecular complexity index is 1120. The number of hydrogen-bond acceptors (Lipinski definition) is 5. The molecule has 0 radical (unpaired) electrons. The third-order valence-electron chi connectivity index (χ3n) is 5.51. The Hall–Kier alpha value is -3.39. The number of pyridine rings is 1. The van der Waals surface area contributed by atoms with Gasteiger partial charge in [0.1, 0.15) is 11.5 Å². The van der Waals surface area contributed by atoms with Crippen LogP contribution in [0.4, 0.5) is 11.5 Å². The van der Waals surface area contributed by atoms with Crippen molar-refractivity contribution in [2.24, 2.45) is 0 Å². The maximum atomic E-state index is 13.0. The van der Waals surface area contributed by atoms with Crippen molar-refractivity contribution in [2.45, 2.75) is 26.8 Å². The Balaban J connectivity index is 1.79. The summed E-state index contributed by atoms with van der Waals surface area (Å²) in [6, 6.07) is 11.5. The summed E-state index contributed by atoms with van der Waals surface area (Å²) in [6.45, 7) is 5.79. The lowest BCUT2D eigenvalue weighted by atomic mass is 10.2. The Labute approximate surface area is 195 Å². The van der Waals surface area contributed by atoms with Crippen LogP contribution in [0.3, 0.4) is 0 Å². The first-order chi connectivity index (χ1) is 15.7. The number of fused-ring (bicyclic) bond motifs is 1. The van der Waals surface area contributed by atoms with Crippen LogP contribution in [0.15, 0.2) is 42.6 Å². The molecule has 2 aromatic heterocycles. The number of amides is 2. The van der Waals surface area contributed by atoms with Gasteiger partial charge in [-0.3, -0.25) is 14.0 Å². The number of nitrogens with one attached hydrogen (secondary N) is 1. The Morgan fingerprint density at radius 1 is 1.00 bits per heavy atom. The van der Waals surface area contributed by atoms with Crippen molar-refractivity contribution in [3.05, 3.63) is 59.4 Å². The van der Waals surface area contributed by atoms with E-state index in [1.54, 1.807) is 4.90 Å². The lowest BCUT2D eigenvalue weighted by molar-refractivity contribution is -0.114. The van der Waals surface area contributed by atoms with Gasteiger partial charge in [0.05, 0.1) is 11.3 Å². The molecule has 3 rings (SSSR count). The summed E-state index contributed by atoms with van der Waals surface area (Å²) >= 11 is 0. The molecule has 0 aliphatic carbocycles. The minimum Gasteiger partial charge on any atom is -0.355 e. The van der Waals surface area contributed by atoms with Gasteiger partial charge in [-0.2, -0.15) is 0 Å². The van der Waals surface area contributed by atoms with E-state index in [9.17, 15) is 9.59 Å². The predicted octanol–water partition coefficient (Wildman–Crippen LogP) is 3.26. The highest BCUT2D eigenvalue weighted by atomic mass is 16.2. The highest BCUT2D eigenvalue weighted by Gasteiger charge is 2.17. The van der Waals surface area contributed by atoms with Crippen molar-refractivity contribution in [3.8, 4) is 0 Å². The van der Waals surface area contributed by atoms with Crippen molar-refractivity contribution in [1.82, 2.24) is 19.2 Å². The molecule has 8 heteroatoms. The molecule has 0 unspecified atom stereocenters. The van der Waals surface area contributed by atoms with E-state index in [1.807, 2.05) is 82.1 Å². The van der Waals surface area contributed by atoms with Gasteiger partial charge in [-0.25, -0.2) is 4.98 Å². The Morgan fingerprint density at radius 2 is 1.70 bits per heavy atom. The molecule has 33 heavy (non-hydrogen) atoms. The summed E-state index contributed by atoms with van der Waals surface area (Å²) in [4.78, 5) is 34.9. The minimum absolute atomic E-state index is 0.00386. The number of aryl methyl sites for hydroxylation is 1. The fourth-order valence-corrected chi connectivity index (χ4v) is 3.93. The van der Waals surface area contributed by atoms with Gasteiger partial charge in [-0.15, -0.1) is 0 Å². The predicted molar refractivity (Wildman–Crippen MR) is 133 cm³/mol. The number of aromatic nitrogens is 2. The van der Waals surface area contributed by atoms with Crippen LogP contribution in [0.5, 0.6) is 0 Å². The summed E-state index contributed by atoms with van der Waals surface area (Å²) in [6.07, 6.45) is 2.81. The van der Waals surface area contributed by atoms with Crippen molar-refractivity contribution >= 4 is 29.0 Å². The number of imidazole rings is 1. The second-order valence-corrected chi connectivity index (χ2v) is 8.78. The third kappa shape index (κ3) is 6.10. The van der Waals surface area contributed by atoms with Gasteiger partial charge in [0, 0.05) is 46.0 Å². The first-order valence-electron chi connectivity index (χ1n) is 11.1. The molecule has 0 saturated carbocycles. The van der Waals surface area contributed by atoms with Gasteiger partial charge < -0.3 is 20.0 Å². The summed E-state index contributed by atoms with van der Waals surface area (Å²) in [5.74, 6) is 0.861. The van der Waals surface area contributed by atoms with Crippen LogP contribution in [0.1, 0.15) is 35.0 Å². The first-order valence-corrected chi connectivity index (χ1v) is 11.1. The standard InChI is InChI=1S/C25H34N6O2/c1-18-24(30(6)16-20-8-11-22(12-9-20)27-19(2)32)31-17-21(10-13-23(31)26-18)25(33)29(5)15-7-14-28(3)4/h8-13,17H,7,14-16H2,1-6H3,(H,27,32). The highest BCUT2D eigenvalue weighted by molar-refractivity contribution is 5.94. The fourth-order valence-electron chi connectivity index (χ4n) is 3.93. The van der Waals surface area contributed by atoms with Crippen LogP contribution in [0, 0.1) is 6.92 Å². The second kappa shape index (κ2) is 10.5. The summed E-state index contributed by atoms with van der Waals surface area (Å²) < 4.78 is 1.99. The topological polar surface area (TPSA) is 73.2 Å². The van der Waals surface area contributed by atoms with E-state index in [2.05, 4.69) is 20.1 Å². The van der Waals surface area contributed by atoms with Crippen molar-refractivity contribution in [2.75, 3.05) is 51.5 Å². The SMILES string of the molecule is CC(=O)Nc1ccc(CN(C)c2c(C)nc3ccc(C(=O)N(C)CCCN(C)C)cn23)cc1. The van der Waals surface area contributed by atoms with E-state index in [0.29, 0.717) is 18.7 Å². The summed E-state index contributed by atoms with van der Waals surface area (Å²) in [5.41, 5.74) is 4.23. The zero-order chi connectivity index (χ0) is 24.1. The van der Waals surface area contributed by atoms with E-state index in [1.165, 1.54) is 6.92 Å². The molecule has 2 amide bonds. The number of carbonyl (C=O) groups excluding carboxylic acids is 2. The van der Waals surface area contributed by atoms with E-state index >= 15 is 0 Å². The van der Waals surface area contributed by atoms with E-state index in [0.717, 1.165) is 41.4 Å². The molecule has 0 spiro atoms. The smallest absolute Gasteiger partial charge is 0.255 e. The molecule has 0 aliphatic heterocycles. The maximum absolute atomic E-state index is 13.0. The largest absolute Gasteiger partial charge is 0.355 e. The van der Waals surface area contributed by atoms with Gasteiger partial charge in [-0.05, 0) is 63.8 Å². The Kier molecular flexibility index (Phi) is 7.71. The van der Waals surface area contributed by atoms with Crippen molar-refractivity contribution in [3.63, 3.8) is 0 Å². The molecular weight excluding hydrogens is 416 g/mol. The second-order valence-electron chi connectivity index (χ2n) is 8.78. The molecule has 176 valence electrons. The van der Waals surface area contributed by atoms with Crippen molar-refractivity contribution in [1.29, 1.82) is 0 Å². The number of nitrogens with zero attached hydrogens (tertiary/aromatic N) is 5. The van der Waals surface area contributed by atoms with Gasteiger partial charge in [0.2, 0.25) is 5.91 Å². The normalized spacial score (nSPS) is 11.1. The number of benzene rings is 1. The molecule has 0 saturated heterocycles. The fraction of sp³-hybridized carbons (Fsp3) is 0.400. The molecule has 0 atom stereocenters. The monoisotopic (exact) mass is 450 g/mol. The number of carbonyl (C=O) groups is 2. The van der Waals surface area contributed by atoms with Gasteiger partial charge in [-0.1, -0.05) is 12.1 Å². The molecule has 2 heterocycles.